The van der Waals surface area contributed by atoms with Gasteiger partial charge in [-0.1, -0.05) is 73.3 Å². The predicted molar refractivity (Wildman–Crippen MR) is 138 cm³/mol. The highest BCUT2D eigenvalue weighted by Gasteiger charge is 2.19. The number of hydrogen-bond donors (Lipinski definition) is 3. The molecule has 0 bridgehead atoms. The highest BCUT2D eigenvalue weighted by molar-refractivity contribution is 7.80. The van der Waals surface area contributed by atoms with Crippen LogP contribution < -0.4 is 16.0 Å². The number of rotatable bonds is 5. The molecule has 170 valence electrons. The smallest absolute Gasteiger partial charge is 0.253 e. The van der Waals surface area contributed by atoms with Crippen LogP contribution in [0.1, 0.15) is 48.0 Å². The third-order valence-electron chi connectivity index (χ3n) is 5.89. The molecule has 1 saturated carbocycles. The lowest BCUT2D eigenvalue weighted by Crippen LogP contribution is -2.36. The minimum absolute atomic E-state index is 0.168. The van der Waals surface area contributed by atoms with Crippen molar-refractivity contribution in [2.45, 2.75) is 44.6 Å². The molecule has 0 spiro atoms. The van der Waals surface area contributed by atoms with E-state index < -0.39 is 0 Å². The monoisotopic (exact) mass is 479 g/mol. The second-order valence-corrected chi connectivity index (χ2v) is 9.14. The van der Waals surface area contributed by atoms with Crippen LogP contribution in [0.4, 0.5) is 5.69 Å². The lowest BCUT2D eigenvalue weighted by Gasteiger charge is -2.23. The van der Waals surface area contributed by atoms with E-state index in [4.69, 9.17) is 23.8 Å². The van der Waals surface area contributed by atoms with Gasteiger partial charge in [0.15, 0.2) is 5.11 Å². The summed E-state index contributed by atoms with van der Waals surface area (Å²) >= 11 is 11.6. The molecule has 4 rings (SSSR count). The zero-order valence-corrected chi connectivity index (χ0v) is 19.8. The minimum Gasteiger partial charge on any atom is -0.349 e. The number of carbonyl (C=O) groups excluding carboxylic acids is 2. The van der Waals surface area contributed by atoms with Crippen molar-refractivity contribution in [1.82, 2.24) is 10.6 Å². The number of thiocarbonyl (C=S) groups is 1. The molecule has 1 aliphatic rings. The second-order valence-electron chi connectivity index (χ2n) is 8.32. The lowest BCUT2D eigenvalue weighted by atomic mass is 9.95. The third kappa shape index (κ3) is 6.09. The molecule has 0 unspecified atom stereocenters. The summed E-state index contributed by atoms with van der Waals surface area (Å²) in [4.78, 5) is 25.3. The lowest BCUT2D eigenvalue weighted by molar-refractivity contribution is -0.119. The van der Waals surface area contributed by atoms with Gasteiger partial charge in [-0.15, -0.1) is 0 Å². The molecule has 0 radical (unpaired) electrons. The number of nitrogens with one attached hydrogen (secondary N) is 3. The number of fused-ring (bicyclic) bond motifs is 1. The highest BCUT2D eigenvalue weighted by Crippen LogP contribution is 2.23. The number of benzene rings is 3. The molecular formula is C26H26ClN3O2S. The number of amides is 2. The normalized spacial score (nSPS) is 14.0. The Morgan fingerprint density at radius 3 is 2.55 bits per heavy atom. The first-order chi connectivity index (χ1) is 16.0. The first-order valence-electron chi connectivity index (χ1n) is 11.2. The van der Waals surface area contributed by atoms with Gasteiger partial charge >= 0.3 is 0 Å². The SMILES string of the molecule is O=C(Cc1cccc2ccccc12)NC(=S)Nc1ccc(Cl)c(C(=O)NC2CCCCC2)c1. The van der Waals surface area contributed by atoms with Crippen molar-refractivity contribution in [2.75, 3.05) is 5.32 Å². The Morgan fingerprint density at radius 1 is 0.970 bits per heavy atom. The van der Waals surface area contributed by atoms with Crippen molar-refractivity contribution < 1.29 is 9.59 Å². The number of anilines is 1. The Bertz CT molecular complexity index is 1190. The molecule has 0 aromatic heterocycles. The molecule has 0 heterocycles. The standard InChI is InChI=1S/C26H26ClN3O2S/c27-23-14-13-20(16-22(23)25(32)28-19-10-2-1-3-11-19)29-26(33)30-24(31)15-18-9-6-8-17-7-4-5-12-21(17)18/h4-9,12-14,16,19H,1-3,10-11,15H2,(H,28,32)(H2,29,30,31,33). The minimum atomic E-state index is -0.215. The number of carbonyl (C=O) groups is 2. The van der Waals surface area contributed by atoms with Crippen molar-refractivity contribution >= 4 is 57.2 Å². The van der Waals surface area contributed by atoms with Gasteiger partial charge in [0, 0.05) is 11.7 Å². The molecule has 7 heteroatoms. The summed E-state index contributed by atoms with van der Waals surface area (Å²) in [5, 5.41) is 11.4. The van der Waals surface area contributed by atoms with Crippen molar-refractivity contribution in [3.8, 4) is 0 Å². The Labute approximate surface area is 203 Å². The zero-order valence-electron chi connectivity index (χ0n) is 18.2. The highest BCUT2D eigenvalue weighted by atomic mass is 35.5. The van der Waals surface area contributed by atoms with Gasteiger partial charge in [0.2, 0.25) is 5.91 Å². The maximum atomic E-state index is 12.7. The van der Waals surface area contributed by atoms with E-state index in [9.17, 15) is 9.59 Å². The molecule has 33 heavy (non-hydrogen) atoms. The van der Waals surface area contributed by atoms with Crippen molar-refractivity contribution in [3.05, 3.63) is 76.8 Å². The molecule has 3 N–H and O–H groups in total. The van der Waals surface area contributed by atoms with Gasteiger partial charge in [0.1, 0.15) is 0 Å². The van der Waals surface area contributed by atoms with Crippen molar-refractivity contribution in [3.63, 3.8) is 0 Å². The van der Waals surface area contributed by atoms with Crippen molar-refractivity contribution in [2.24, 2.45) is 0 Å². The van der Waals surface area contributed by atoms with Gasteiger partial charge in [0.05, 0.1) is 17.0 Å². The Kier molecular flexibility index (Phi) is 7.57. The fraction of sp³-hybridized carbons (Fsp3) is 0.269. The third-order valence-corrected chi connectivity index (χ3v) is 6.43. The van der Waals surface area contributed by atoms with Crippen LogP contribution in [0.15, 0.2) is 60.7 Å². The van der Waals surface area contributed by atoms with Gasteiger partial charge in [-0.2, -0.15) is 0 Å². The van der Waals surface area contributed by atoms with E-state index in [2.05, 4.69) is 16.0 Å². The summed E-state index contributed by atoms with van der Waals surface area (Å²) in [6.07, 6.45) is 5.68. The van der Waals surface area contributed by atoms with Gasteiger partial charge in [-0.3, -0.25) is 9.59 Å². The molecular weight excluding hydrogens is 454 g/mol. The van der Waals surface area contributed by atoms with Crippen LogP contribution in [0.2, 0.25) is 5.02 Å². The molecule has 3 aromatic carbocycles. The van der Waals surface area contributed by atoms with Crippen LogP contribution in [0, 0.1) is 0 Å². The maximum Gasteiger partial charge on any atom is 0.253 e. The summed E-state index contributed by atoms with van der Waals surface area (Å²) in [7, 11) is 0. The van der Waals surface area contributed by atoms with Crippen LogP contribution >= 0.6 is 23.8 Å². The Hall–Kier alpha value is -2.96. The fourth-order valence-electron chi connectivity index (χ4n) is 4.24. The molecule has 3 aromatic rings. The average molecular weight is 480 g/mol. The summed E-state index contributed by atoms with van der Waals surface area (Å²) in [6, 6.07) is 19.1. The van der Waals surface area contributed by atoms with Gasteiger partial charge in [-0.05, 0) is 59.6 Å². The molecule has 1 aliphatic carbocycles. The van der Waals surface area contributed by atoms with Gasteiger partial charge < -0.3 is 16.0 Å². The molecule has 5 nitrogen and oxygen atoms in total. The summed E-state index contributed by atoms with van der Waals surface area (Å²) in [5.74, 6) is -0.408. The predicted octanol–water partition coefficient (Wildman–Crippen LogP) is 5.61. The van der Waals surface area contributed by atoms with E-state index >= 15 is 0 Å². The molecule has 0 atom stereocenters. The van der Waals surface area contributed by atoms with E-state index in [1.54, 1.807) is 18.2 Å². The molecule has 2 amide bonds. The quantitative estimate of drug-likeness (QED) is 0.416. The summed E-state index contributed by atoms with van der Waals surface area (Å²) in [6.45, 7) is 0. The molecule has 1 fully saturated rings. The first-order valence-corrected chi connectivity index (χ1v) is 12.0. The van der Waals surface area contributed by atoms with E-state index in [1.165, 1.54) is 6.42 Å². The molecule has 0 saturated heterocycles. The first kappa shape index (κ1) is 23.2. The summed E-state index contributed by atoms with van der Waals surface area (Å²) < 4.78 is 0. The van der Waals surface area contributed by atoms with Gasteiger partial charge in [0.25, 0.3) is 5.91 Å². The Morgan fingerprint density at radius 2 is 1.73 bits per heavy atom. The van der Waals surface area contributed by atoms with Crippen LogP contribution in [0.3, 0.4) is 0 Å². The van der Waals surface area contributed by atoms with Crippen molar-refractivity contribution in [1.29, 1.82) is 0 Å². The average Bonchev–Trinajstić information content (AvgIpc) is 2.81. The number of hydrogen-bond acceptors (Lipinski definition) is 3. The fourth-order valence-corrected chi connectivity index (χ4v) is 4.67. The topological polar surface area (TPSA) is 70.2 Å². The molecule has 0 aliphatic heterocycles. The largest absolute Gasteiger partial charge is 0.349 e. The van der Waals surface area contributed by atoms with E-state index in [0.29, 0.717) is 16.3 Å². The van der Waals surface area contributed by atoms with Crippen LogP contribution in [-0.4, -0.2) is 23.0 Å². The van der Waals surface area contributed by atoms with Crippen LogP contribution in [0.5, 0.6) is 0 Å². The van der Waals surface area contributed by atoms with E-state index in [-0.39, 0.29) is 29.4 Å². The number of halogens is 1. The zero-order chi connectivity index (χ0) is 23.2. The maximum absolute atomic E-state index is 12.7. The van der Waals surface area contributed by atoms with Crippen LogP contribution in [0.25, 0.3) is 10.8 Å². The Balaban J connectivity index is 1.37. The van der Waals surface area contributed by atoms with E-state index in [1.807, 2.05) is 42.5 Å². The van der Waals surface area contributed by atoms with Crippen LogP contribution in [-0.2, 0) is 11.2 Å². The second kappa shape index (κ2) is 10.8. The van der Waals surface area contributed by atoms with E-state index in [0.717, 1.165) is 42.0 Å². The van der Waals surface area contributed by atoms with Gasteiger partial charge in [-0.25, -0.2) is 0 Å². The summed E-state index contributed by atoms with van der Waals surface area (Å²) in [5.41, 5.74) is 1.90.